The number of hydrogen-bond donors (Lipinski definition) is 1. The molecule has 20 heavy (non-hydrogen) atoms. The highest BCUT2D eigenvalue weighted by Gasteiger charge is 2.42. The smallest absolute Gasteiger partial charge is 0.256 e. The van der Waals surface area contributed by atoms with Gasteiger partial charge in [-0.3, -0.25) is 14.4 Å². The summed E-state index contributed by atoms with van der Waals surface area (Å²) in [7, 11) is 0. The Morgan fingerprint density at radius 3 is 2.80 bits per heavy atom. The first-order valence-corrected chi connectivity index (χ1v) is 6.59. The zero-order chi connectivity index (χ0) is 14.3. The third-order valence-electron chi connectivity index (χ3n) is 3.80. The fourth-order valence-electron chi connectivity index (χ4n) is 2.93. The van der Waals surface area contributed by atoms with Crippen LogP contribution in [0.25, 0.3) is 0 Å². The summed E-state index contributed by atoms with van der Waals surface area (Å²) in [5.41, 5.74) is 6.15. The Morgan fingerprint density at radius 1 is 1.30 bits per heavy atom. The Morgan fingerprint density at radius 2 is 2.05 bits per heavy atom. The number of fused-ring (bicyclic) bond motifs is 2. The molecule has 0 aliphatic carbocycles. The molecular weight excluding hydrogens is 258 g/mol. The van der Waals surface area contributed by atoms with Gasteiger partial charge in [0, 0.05) is 6.54 Å². The van der Waals surface area contributed by atoms with E-state index < -0.39 is 11.9 Å². The fourth-order valence-corrected chi connectivity index (χ4v) is 2.93. The van der Waals surface area contributed by atoms with Gasteiger partial charge in [-0.1, -0.05) is 12.1 Å². The summed E-state index contributed by atoms with van der Waals surface area (Å²) in [5, 5.41) is 0. The quantitative estimate of drug-likeness (QED) is 0.831. The van der Waals surface area contributed by atoms with Crippen LogP contribution in [0.2, 0.25) is 0 Å². The van der Waals surface area contributed by atoms with Gasteiger partial charge < -0.3 is 15.5 Å². The maximum Gasteiger partial charge on any atom is 0.256 e. The van der Waals surface area contributed by atoms with E-state index in [0.717, 1.165) is 6.42 Å². The highest BCUT2D eigenvalue weighted by molar-refractivity contribution is 6.12. The van der Waals surface area contributed by atoms with Gasteiger partial charge in [0.1, 0.15) is 12.6 Å². The molecule has 0 spiro atoms. The molecule has 104 valence electrons. The standard InChI is InChI=1S/C14H15N3O3/c15-12(18)8-17-10-5-2-1-4-9(10)13(19)16-7-3-6-11(16)14(17)20/h1-2,4-5,11H,3,6-8H2,(H2,15,18)/t11-/m0/s1. The number of carbonyl (C=O) groups is 3. The van der Waals surface area contributed by atoms with Crippen LogP contribution in [-0.2, 0) is 9.59 Å². The van der Waals surface area contributed by atoms with Crippen molar-refractivity contribution in [1.29, 1.82) is 0 Å². The van der Waals surface area contributed by atoms with Crippen molar-refractivity contribution < 1.29 is 14.4 Å². The van der Waals surface area contributed by atoms with E-state index in [4.69, 9.17) is 5.73 Å². The second-order valence-corrected chi connectivity index (χ2v) is 5.06. The van der Waals surface area contributed by atoms with E-state index in [-0.39, 0.29) is 18.4 Å². The lowest BCUT2D eigenvalue weighted by atomic mass is 10.1. The summed E-state index contributed by atoms with van der Waals surface area (Å²) in [5.74, 6) is -0.963. The van der Waals surface area contributed by atoms with E-state index in [1.807, 2.05) is 0 Å². The SMILES string of the molecule is NC(=O)CN1C(=O)[C@@H]2CCCN2C(=O)c2ccccc21. The van der Waals surface area contributed by atoms with E-state index in [1.54, 1.807) is 29.2 Å². The lowest BCUT2D eigenvalue weighted by Gasteiger charge is -2.24. The topological polar surface area (TPSA) is 83.7 Å². The highest BCUT2D eigenvalue weighted by Crippen LogP contribution is 2.31. The maximum atomic E-state index is 12.6. The van der Waals surface area contributed by atoms with Crippen LogP contribution in [0.3, 0.4) is 0 Å². The highest BCUT2D eigenvalue weighted by atomic mass is 16.2. The second kappa shape index (κ2) is 4.63. The molecule has 2 N–H and O–H groups in total. The van der Waals surface area contributed by atoms with Gasteiger partial charge in [0.25, 0.3) is 5.91 Å². The molecule has 2 aliphatic rings. The van der Waals surface area contributed by atoms with Crippen molar-refractivity contribution >= 4 is 23.4 Å². The summed E-state index contributed by atoms with van der Waals surface area (Å²) < 4.78 is 0. The molecule has 1 saturated heterocycles. The maximum absolute atomic E-state index is 12.6. The summed E-state index contributed by atoms with van der Waals surface area (Å²) in [6.07, 6.45) is 1.43. The molecule has 3 rings (SSSR count). The lowest BCUT2D eigenvalue weighted by molar-refractivity contribution is -0.124. The van der Waals surface area contributed by atoms with Crippen molar-refractivity contribution in [2.45, 2.75) is 18.9 Å². The number of rotatable bonds is 2. The predicted octanol–water partition coefficient (Wildman–Crippen LogP) is 0.123. The molecular formula is C14H15N3O3. The molecule has 0 aromatic heterocycles. The number of hydrogen-bond acceptors (Lipinski definition) is 3. The molecule has 2 aliphatic heterocycles. The number of nitrogens with two attached hydrogens (primary N) is 1. The Kier molecular flexibility index (Phi) is 2.93. The minimum atomic E-state index is -0.591. The fraction of sp³-hybridized carbons (Fsp3) is 0.357. The molecule has 0 radical (unpaired) electrons. The normalized spacial score (nSPS) is 21.5. The zero-order valence-electron chi connectivity index (χ0n) is 10.9. The van der Waals surface area contributed by atoms with Gasteiger partial charge in [0.2, 0.25) is 11.8 Å². The van der Waals surface area contributed by atoms with Crippen LogP contribution in [0.15, 0.2) is 24.3 Å². The van der Waals surface area contributed by atoms with Crippen molar-refractivity contribution in [2.75, 3.05) is 18.0 Å². The molecule has 1 fully saturated rings. The van der Waals surface area contributed by atoms with Crippen molar-refractivity contribution in [3.8, 4) is 0 Å². The molecule has 0 unspecified atom stereocenters. The number of benzene rings is 1. The van der Waals surface area contributed by atoms with Gasteiger partial charge >= 0.3 is 0 Å². The van der Waals surface area contributed by atoms with E-state index in [0.29, 0.717) is 24.2 Å². The van der Waals surface area contributed by atoms with E-state index in [9.17, 15) is 14.4 Å². The van der Waals surface area contributed by atoms with Crippen molar-refractivity contribution in [1.82, 2.24) is 4.90 Å². The Hall–Kier alpha value is -2.37. The van der Waals surface area contributed by atoms with Crippen LogP contribution in [0.5, 0.6) is 0 Å². The first kappa shape index (κ1) is 12.7. The Labute approximate surface area is 116 Å². The third kappa shape index (κ3) is 1.84. The van der Waals surface area contributed by atoms with Crippen molar-refractivity contribution in [3.63, 3.8) is 0 Å². The predicted molar refractivity (Wildman–Crippen MR) is 72.0 cm³/mol. The second-order valence-electron chi connectivity index (χ2n) is 5.06. The number of primary amides is 1. The molecule has 3 amide bonds. The Balaban J connectivity index is 2.13. The third-order valence-corrected chi connectivity index (χ3v) is 3.80. The molecule has 1 atom stereocenters. The van der Waals surface area contributed by atoms with Crippen LogP contribution in [0.1, 0.15) is 23.2 Å². The van der Waals surface area contributed by atoms with Crippen LogP contribution in [-0.4, -0.2) is 41.8 Å². The average Bonchev–Trinajstić information content (AvgIpc) is 2.89. The monoisotopic (exact) mass is 273 g/mol. The molecule has 6 heteroatoms. The van der Waals surface area contributed by atoms with E-state index in [1.165, 1.54) is 4.90 Å². The van der Waals surface area contributed by atoms with Gasteiger partial charge in [0.05, 0.1) is 11.3 Å². The van der Waals surface area contributed by atoms with Gasteiger partial charge in [-0.05, 0) is 25.0 Å². The number of para-hydroxylation sites is 1. The molecule has 0 saturated carbocycles. The zero-order valence-corrected chi connectivity index (χ0v) is 10.9. The largest absolute Gasteiger partial charge is 0.368 e. The summed E-state index contributed by atoms with van der Waals surface area (Å²) in [4.78, 5) is 39.3. The summed E-state index contributed by atoms with van der Waals surface area (Å²) in [6.45, 7) is 0.376. The number of nitrogens with zero attached hydrogens (tertiary/aromatic N) is 2. The van der Waals surface area contributed by atoms with Crippen LogP contribution in [0, 0.1) is 0 Å². The van der Waals surface area contributed by atoms with E-state index >= 15 is 0 Å². The first-order valence-electron chi connectivity index (χ1n) is 6.59. The number of anilines is 1. The summed E-state index contributed by atoms with van der Waals surface area (Å²) in [6, 6.07) is 6.37. The Bertz CT molecular complexity index is 599. The van der Waals surface area contributed by atoms with Crippen LogP contribution >= 0.6 is 0 Å². The molecule has 6 nitrogen and oxygen atoms in total. The minimum absolute atomic E-state index is 0.150. The van der Waals surface area contributed by atoms with E-state index in [2.05, 4.69) is 0 Å². The average molecular weight is 273 g/mol. The molecule has 0 bridgehead atoms. The molecule has 2 heterocycles. The molecule has 1 aromatic carbocycles. The lowest BCUT2D eigenvalue weighted by Crippen LogP contribution is -2.47. The summed E-state index contributed by atoms with van der Waals surface area (Å²) >= 11 is 0. The van der Waals surface area contributed by atoms with Gasteiger partial charge in [-0.25, -0.2) is 0 Å². The van der Waals surface area contributed by atoms with Gasteiger partial charge in [-0.2, -0.15) is 0 Å². The van der Waals surface area contributed by atoms with Crippen molar-refractivity contribution in [2.24, 2.45) is 5.73 Å². The van der Waals surface area contributed by atoms with Crippen LogP contribution < -0.4 is 10.6 Å². The number of amides is 3. The first-order chi connectivity index (χ1) is 9.59. The number of carbonyl (C=O) groups excluding carboxylic acids is 3. The van der Waals surface area contributed by atoms with Crippen LogP contribution in [0.4, 0.5) is 5.69 Å². The van der Waals surface area contributed by atoms with Gasteiger partial charge in [0.15, 0.2) is 0 Å². The van der Waals surface area contributed by atoms with Gasteiger partial charge in [-0.15, -0.1) is 0 Å². The minimum Gasteiger partial charge on any atom is -0.368 e. The van der Waals surface area contributed by atoms with Crippen molar-refractivity contribution in [3.05, 3.63) is 29.8 Å². The molecule has 1 aromatic rings.